The Hall–Kier alpha value is -1.54. The molecule has 0 unspecified atom stereocenters. The molecule has 0 atom stereocenters. The molecule has 28 heavy (non-hydrogen) atoms. The van der Waals surface area contributed by atoms with Gasteiger partial charge in [-0.05, 0) is 36.8 Å². The summed E-state index contributed by atoms with van der Waals surface area (Å²) < 4.78 is 89.7. The van der Waals surface area contributed by atoms with Crippen LogP contribution in [-0.4, -0.2) is 19.4 Å². The lowest BCUT2D eigenvalue weighted by atomic mass is 9.76. The molecule has 1 aliphatic heterocycles. The maximum absolute atomic E-state index is 14.1. The Morgan fingerprint density at radius 2 is 1.50 bits per heavy atom. The van der Waals surface area contributed by atoms with Gasteiger partial charge in [-0.3, -0.25) is 0 Å². The van der Waals surface area contributed by atoms with Crippen LogP contribution >= 0.6 is 0 Å². The van der Waals surface area contributed by atoms with Gasteiger partial charge < -0.3 is 9.47 Å². The van der Waals surface area contributed by atoms with Crippen molar-refractivity contribution in [3.63, 3.8) is 0 Å². The van der Waals surface area contributed by atoms with E-state index in [4.69, 9.17) is 9.47 Å². The molecule has 1 aromatic rings. The third-order valence-corrected chi connectivity index (χ3v) is 5.52. The van der Waals surface area contributed by atoms with Crippen molar-refractivity contribution in [1.82, 2.24) is 0 Å². The van der Waals surface area contributed by atoms with Crippen molar-refractivity contribution in [2.75, 3.05) is 13.2 Å². The quantitative estimate of drug-likeness (QED) is 0.545. The smallest absolute Gasteiger partial charge is 0.348 e. The number of rotatable bonds is 3. The van der Waals surface area contributed by atoms with E-state index in [1.165, 1.54) is 0 Å². The van der Waals surface area contributed by atoms with Gasteiger partial charge in [0.25, 0.3) is 0 Å². The summed E-state index contributed by atoms with van der Waals surface area (Å²) in [5.74, 6) is -3.51. The van der Waals surface area contributed by atoms with Crippen molar-refractivity contribution >= 4 is 5.83 Å². The molecule has 0 N–H and O–H groups in total. The predicted molar refractivity (Wildman–Crippen MR) is 90.8 cm³/mol. The molecule has 1 aromatic carbocycles. The summed E-state index contributed by atoms with van der Waals surface area (Å²) in [6.45, 7) is 2.97. The van der Waals surface area contributed by atoms with Gasteiger partial charge in [0.15, 0.2) is 6.29 Å². The average Bonchev–Trinajstić information content (AvgIpc) is 2.60. The highest BCUT2D eigenvalue weighted by Gasteiger charge is 2.33. The summed E-state index contributed by atoms with van der Waals surface area (Å²) in [5, 5.41) is 0. The summed E-state index contributed by atoms with van der Waals surface area (Å²) in [6, 6.07) is 1.49. The van der Waals surface area contributed by atoms with E-state index in [2.05, 4.69) is 6.92 Å². The first kappa shape index (κ1) is 21.2. The number of alkyl halides is 3. The standard InChI is InChI=1S/C20H22F6O2/c1-11-2-4-12(5-3-11)14-9-27-19(28-10-14)13-6-15(21)18(16(22)7-13)17(23)8-20(24,25)26/h6-8,11-12,14,19H,2-5,9-10H2,1H3/b17-8-. The Bertz CT molecular complexity index is 691. The highest BCUT2D eigenvalue weighted by atomic mass is 19.4. The first-order valence-corrected chi connectivity index (χ1v) is 9.31. The molecule has 2 aliphatic rings. The normalized spacial score (nSPS) is 29.8. The van der Waals surface area contributed by atoms with Crippen molar-refractivity contribution in [2.24, 2.45) is 17.8 Å². The molecule has 1 aliphatic carbocycles. The second-order valence-electron chi connectivity index (χ2n) is 7.67. The van der Waals surface area contributed by atoms with Gasteiger partial charge in [0, 0.05) is 11.5 Å². The molecule has 0 amide bonds. The maximum atomic E-state index is 14.1. The molecule has 0 aromatic heterocycles. The van der Waals surface area contributed by atoms with Crippen LogP contribution in [0.5, 0.6) is 0 Å². The van der Waals surface area contributed by atoms with Gasteiger partial charge in [0.05, 0.1) is 24.9 Å². The van der Waals surface area contributed by atoms with Crippen molar-refractivity contribution in [3.05, 3.63) is 41.0 Å². The molecule has 1 saturated carbocycles. The Morgan fingerprint density at radius 1 is 0.964 bits per heavy atom. The van der Waals surface area contributed by atoms with E-state index < -0.39 is 41.6 Å². The van der Waals surface area contributed by atoms with Crippen LogP contribution in [0.15, 0.2) is 18.2 Å². The fraction of sp³-hybridized carbons (Fsp3) is 0.600. The fourth-order valence-corrected chi connectivity index (χ4v) is 3.91. The monoisotopic (exact) mass is 408 g/mol. The van der Waals surface area contributed by atoms with Crippen molar-refractivity contribution < 1.29 is 35.8 Å². The van der Waals surface area contributed by atoms with Crippen LogP contribution < -0.4 is 0 Å². The summed E-state index contributed by atoms with van der Waals surface area (Å²) >= 11 is 0. The Kier molecular flexibility index (Phi) is 6.39. The number of hydrogen-bond acceptors (Lipinski definition) is 2. The third kappa shape index (κ3) is 5.08. The molecule has 0 bridgehead atoms. The van der Waals surface area contributed by atoms with Crippen LogP contribution in [0.3, 0.4) is 0 Å². The van der Waals surface area contributed by atoms with Crippen LogP contribution in [0.4, 0.5) is 26.3 Å². The summed E-state index contributed by atoms with van der Waals surface area (Å²) in [7, 11) is 0. The zero-order valence-corrected chi connectivity index (χ0v) is 15.4. The highest BCUT2D eigenvalue weighted by molar-refractivity contribution is 5.61. The minimum Gasteiger partial charge on any atom is -0.348 e. The molecule has 156 valence electrons. The van der Waals surface area contributed by atoms with Gasteiger partial charge in [-0.2, -0.15) is 13.2 Å². The van der Waals surface area contributed by atoms with E-state index in [0.717, 1.165) is 37.8 Å². The van der Waals surface area contributed by atoms with Gasteiger partial charge in [0.1, 0.15) is 17.5 Å². The number of hydrogen-bond donors (Lipinski definition) is 0. The van der Waals surface area contributed by atoms with E-state index in [0.29, 0.717) is 25.0 Å². The summed E-state index contributed by atoms with van der Waals surface area (Å²) in [5.41, 5.74) is -1.39. The topological polar surface area (TPSA) is 18.5 Å². The van der Waals surface area contributed by atoms with Gasteiger partial charge in [-0.25, -0.2) is 13.2 Å². The zero-order valence-electron chi connectivity index (χ0n) is 15.4. The van der Waals surface area contributed by atoms with Crippen LogP contribution in [0, 0.1) is 29.4 Å². The Balaban J connectivity index is 1.68. The minimum atomic E-state index is -5.02. The van der Waals surface area contributed by atoms with Crippen LogP contribution in [0.1, 0.15) is 50.0 Å². The van der Waals surface area contributed by atoms with Crippen molar-refractivity contribution in [3.8, 4) is 0 Å². The lowest BCUT2D eigenvalue weighted by molar-refractivity contribution is -0.214. The molecule has 0 spiro atoms. The summed E-state index contributed by atoms with van der Waals surface area (Å²) in [6.07, 6.45) is -2.36. The van der Waals surface area contributed by atoms with Crippen LogP contribution in [0.2, 0.25) is 0 Å². The van der Waals surface area contributed by atoms with Crippen LogP contribution in [0.25, 0.3) is 5.83 Å². The molecular formula is C20H22F6O2. The molecule has 3 rings (SSSR count). The molecule has 2 nitrogen and oxygen atoms in total. The number of halogens is 6. The highest BCUT2D eigenvalue weighted by Crippen LogP contribution is 2.38. The van der Waals surface area contributed by atoms with E-state index in [1.54, 1.807) is 0 Å². The number of ether oxygens (including phenoxy) is 2. The average molecular weight is 408 g/mol. The lowest BCUT2D eigenvalue weighted by Gasteiger charge is -2.37. The first-order chi connectivity index (χ1) is 13.1. The summed E-state index contributed by atoms with van der Waals surface area (Å²) in [4.78, 5) is 0. The Morgan fingerprint density at radius 3 is 2.00 bits per heavy atom. The van der Waals surface area contributed by atoms with Crippen molar-refractivity contribution in [2.45, 2.75) is 45.1 Å². The first-order valence-electron chi connectivity index (χ1n) is 9.31. The van der Waals surface area contributed by atoms with Gasteiger partial charge >= 0.3 is 6.18 Å². The van der Waals surface area contributed by atoms with Gasteiger partial charge in [0.2, 0.25) is 0 Å². The number of allylic oxidation sites excluding steroid dienone is 1. The van der Waals surface area contributed by atoms with E-state index in [9.17, 15) is 26.3 Å². The molecule has 2 fully saturated rings. The van der Waals surface area contributed by atoms with E-state index in [-0.39, 0.29) is 11.5 Å². The van der Waals surface area contributed by atoms with Crippen LogP contribution in [-0.2, 0) is 9.47 Å². The van der Waals surface area contributed by atoms with Gasteiger partial charge in [-0.15, -0.1) is 0 Å². The SMILES string of the molecule is CC1CCC(C2COC(c3cc(F)c(/C(F)=C/C(F)(F)F)c(F)c3)OC2)CC1. The van der Waals surface area contributed by atoms with Gasteiger partial charge in [-0.1, -0.05) is 19.8 Å². The van der Waals surface area contributed by atoms with E-state index in [1.807, 2.05) is 0 Å². The number of benzene rings is 1. The molecular weight excluding hydrogens is 386 g/mol. The molecule has 1 saturated heterocycles. The van der Waals surface area contributed by atoms with E-state index >= 15 is 0 Å². The minimum absolute atomic E-state index is 0.0331. The second-order valence-corrected chi connectivity index (χ2v) is 7.67. The largest absolute Gasteiger partial charge is 0.412 e. The molecule has 0 radical (unpaired) electrons. The van der Waals surface area contributed by atoms with Crippen molar-refractivity contribution in [1.29, 1.82) is 0 Å². The third-order valence-electron chi connectivity index (χ3n) is 5.52. The zero-order chi connectivity index (χ0) is 20.5. The lowest BCUT2D eigenvalue weighted by Crippen LogP contribution is -2.34. The Labute approximate surface area is 159 Å². The molecule has 8 heteroatoms. The molecule has 1 heterocycles. The fourth-order valence-electron chi connectivity index (χ4n) is 3.91. The maximum Gasteiger partial charge on any atom is 0.412 e. The second kappa shape index (κ2) is 8.45. The predicted octanol–water partition coefficient (Wildman–Crippen LogP) is 6.33.